The molecule has 0 unspecified atom stereocenters. The van der Waals surface area contributed by atoms with Crippen molar-refractivity contribution in [2.45, 2.75) is 50.4 Å². The molecule has 3 rings (SSSR count). The van der Waals surface area contributed by atoms with E-state index in [0.29, 0.717) is 29.4 Å². The Balaban J connectivity index is 1.86. The lowest BCUT2D eigenvalue weighted by molar-refractivity contribution is -0.131. The van der Waals surface area contributed by atoms with Gasteiger partial charge in [0.25, 0.3) is 0 Å². The second-order valence-corrected chi connectivity index (χ2v) is 6.29. The van der Waals surface area contributed by atoms with Crippen molar-refractivity contribution in [1.82, 2.24) is 14.5 Å². The lowest BCUT2D eigenvalue weighted by Crippen LogP contribution is -2.21. The minimum Gasteiger partial charge on any atom is -0.393 e. The molecule has 9 heteroatoms. The van der Waals surface area contributed by atoms with Gasteiger partial charge < -0.3 is 15.0 Å². The van der Waals surface area contributed by atoms with Gasteiger partial charge in [-0.15, -0.1) is 0 Å². The van der Waals surface area contributed by atoms with Crippen molar-refractivity contribution in [3.63, 3.8) is 0 Å². The topological polar surface area (TPSA) is 80.0 Å². The number of hydrogen-bond acceptors (Lipinski definition) is 5. The number of aliphatic hydroxyl groups excluding tert-OH is 1. The molecule has 6 nitrogen and oxygen atoms in total. The number of nitrogens with one attached hydrogen (secondary N) is 1. The number of carbonyl (C=O) groups is 1. The smallest absolute Gasteiger partial charge is 0.390 e. The van der Waals surface area contributed by atoms with Crippen molar-refractivity contribution in [3.05, 3.63) is 18.0 Å². The normalized spacial score (nSPS) is 21.4. The molecule has 0 spiro atoms. The summed E-state index contributed by atoms with van der Waals surface area (Å²) in [6.07, 6.45) is 1.19. The minimum atomic E-state index is -4.25. The van der Waals surface area contributed by atoms with Gasteiger partial charge in [0, 0.05) is 35.9 Å². The van der Waals surface area contributed by atoms with Gasteiger partial charge >= 0.3 is 6.18 Å². The molecule has 1 fully saturated rings. The fourth-order valence-electron chi connectivity index (χ4n) is 3.16. The van der Waals surface area contributed by atoms with E-state index in [1.807, 2.05) is 4.57 Å². The van der Waals surface area contributed by atoms with Crippen LogP contribution in [0.4, 0.5) is 19.1 Å². The number of halogens is 3. The van der Waals surface area contributed by atoms with E-state index < -0.39 is 12.6 Å². The number of anilines is 1. The molecule has 136 valence electrons. The van der Waals surface area contributed by atoms with Gasteiger partial charge in [-0.1, -0.05) is 0 Å². The largest absolute Gasteiger partial charge is 0.393 e. The van der Waals surface area contributed by atoms with Gasteiger partial charge in [-0.3, -0.25) is 4.79 Å². The Bertz CT molecular complexity index is 752. The summed E-state index contributed by atoms with van der Waals surface area (Å²) >= 11 is 0. The SMILES string of the molecule is O=Cc1cn(C2CCC(O)CC2)c2nc(NCCC(F)(F)F)ncc12. The maximum absolute atomic E-state index is 12.3. The number of nitrogens with zero attached hydrogens (tertiary/aromatic N) is 3. The van der Waals surface area contributed by atoms with Crippen molar-refractivity contribution in [1.29, 1.82) is 0 Å². The first-order valence-electron chi connectivity index (χ1n) is 8.19. The summed E-state index contributed by atoms with van der Waals surface area (Å²) in [5, 5.41) is 12.8. The highest BCUT2D eigenvalue weighted by Crippen LogP contribution is 2.32. The summed E-state index contributed by atoms with van der Waals surface area (Å²) < 4.78 is 38.6. The third kappa shape index (κ3) is 4.09. The number of hydrogen-bond donors (Lipinski definition) is 2. The molecule has 0 aliphatic heterocycles. The monoisotopic (exact) mass is 356 g/mol. The molecule has 0 radical (unpaired) electrons. The van der Waals surface area contributed by atoms with E-state index in [1.54, 1.807) is 6.20 Å². The Hall–Kier alpha value is -2.16. The average molecular weight is 356 g/mol. The minimum absolute atomic E-state index is 0.0949. The molecule has 2 heterocycles. The van der Waals surface area contributed by atoms with Crippen LogP contribution >= 0.6 is 0 Å². The number of carbonyl (C=O) groups excluding carboxylic acids is 1. The Morgan fingerprint density at radius 3 is 2.68 bits per heavy atom. The fraction of sp³-hybridized carbons (Fsp3) is 0.562. The van der Waals surface area contributed by atoms with E-state index in [1.165, 1.54) is 6.20 Å². The second-order valence-electron chi connectivity index (χ2n) is 6.29. The van der Waals surface area contributed by atoms with E-state index >= 15 is 0 Å². The van der Waals surface area contributed by atoms with Crippen LogP contribution in [-0.2, 0) is 0 Å². The van der Waals surface area contributed by atoms with Crippen LogP contribution in [0.15, 0.2) is 12.4 Å². The lowest BCUT2D eigenvalue weighted by Gasteiger charge is -2.27. The molecule has 1 aliphatic rings. The zero-order valence-corrected chi connectivity index (χ0v) is 13.5. The van der Waals surface area contributed by atoms with Crippen molar-refractivity contribution in [2.24, 2.45) is 0 Å². The Morgan fingerprint density at radius 2 is 2.04 bits per heavy atom. The number of aldehydes is 1. The van der Waals surface area contributed by atoms with Gasteiger partial charge in [-0.25, -0.2) is 4.98 Å². The maximum atomic E-state index is 12.3. The molecule has 0 amide bonds. The van der Waals surface area contributed by atoms with Gasteiger partial charge in [0.05, 0.1) is 12.5 Å². The van der Waals surface area contributed by atoms with E-state index in [-0.39, 0.29) is 24.6 Å². The van der Waals surface area contributed by atoms with Crippen LogP contribution in [0.1, 0.15) is 48.5 Å². The third-order valence-electron chi connectivity index (χ3n) is 4.48. The van der Waals surface area contributed by atoms with E-state index in [9.17, 15) is 23.1 Å². The lowest BCUT2D eigenvalue weighted by atomic mass is 9.93. The van der Waals surface area contributed by atoms with Crippen LogP contribution in [-0.4, -0.2) is 44.8 Å². The summed E-state index contributed by atoms with van der Waals surface area (Å²) in [6.45, 7) is -0.314. The van der Waals surface area contributed by atoms with Crippen molar-refractivity contribution >= 4 is 23.3 Å². The number of rotatable bonds is 5. The Labute approximate surface area is 142 Å². The van der Waals surface area contributed by atoms with Gasteiger partial charge in [-0.2, -0.15) is 18.2 Å². The van der Waals surface area contributed by atoms with E-state index in [4.69, 9.17) is 0 Å². The summed E-state index contributed by atoms with van der Waals surface area (Å²) in [4.78, 5) is 19.6. The standard InChI is InChI=1S/C16H19F3N4O2/c17-16(18,19)5-6-20-15-21-7-13-10(9-24)8-23(14(13)22-15)11-1-3-12(25)4-2-11/h7-9,11-12,25H,1-6H2,(H,20,21,22). The highest BCUT2D eigenvalue weighted by molar-refractivity contribution is 5.96. The van der Waals surface area contributed by atoms with Crippen molar-refractivity contribution < 1.29 is 23.1 Å². The van der Waals surface area contributed by atoms with E-state index in [2.05, 4.69) is 15.3 Å². The first-order valence-corrected chi connectivity index (χ1v) is 8.19. The van der Waals surface area contributed by atoms with Gasteiger partial charge in [0.1, 0.15) is 5.65 Å². The molecule has 2 aromatic heterocycles. The second kappa shape index (κ2) is 6.99. The fourth-order valence-corrected chi connectivity index (χ4v) is 3.16. The Morgan fingerprint density at radius 1 is 1.32 bits per heavy atom. The summed E-state index contributed by atoms with van der Waals surface area (Å²) in [5.74, 6) is 0.101. The number of fused-ring (bicyclic) bond motifs is 1. The summed E-state index contributed by atoms with van der Waals surface area (Å²) in [5.41, 5.74) is 0.968. The summed E-state index contributed by atoms with van der Waals surface area (Å²) in [7, 11) is 0. The molecule has 0 saturated heterocycles. The highest BCUT2D eigenvalue weighted by Gasteiger charge is 2.27. The van der Waals surface area contributed by atoms with Crippen LogP contribution in [0, 0.1) is 0 Å². The van der Waals surface area contributed by atoms with Crippen molar-refractivity contribution in [2.75, 3.05) is 11.9 Å². The summed E-state index contributed by atoms with van der Waals surface area (Å²) in [6, 6.07) is 0.0949. The number of alkyl halides is 3. The van der Waals surface area contributed by atoms with E-state index in [0.717, 1.165) is 19.1 Å². The van der Waals surface area contributed by atoms with Crippen LogP contribution in [0.3, 0.4) is 0 Å². The van der Waals surface area contributed by atoms with Gasteiger partial charge in [-0.05, 0) is 25.7 Å². The molecule has 25 heavy (non-hydrogen) atoms. The molecule has 2 N–H and O–H groups in total. The van der Waals surface area contributed by atoms with Crippen LogP contribution in [0.25, 0.3) is 11.0 Å². The maximum Gasteiger partial charge on any atom is 0.390 e. The highest BCUT2D eigenvalue weighted by atomic mass is 19.4. The first-order chi connectivity index (χ1) is 11.9. The van der Waals surface area contributed by atoms with Crippen LogP contribution in [0.2, 0.25) is 0 Å². The predicted molar refractivity (Wildman–Crippen MR) is 85.6 cm³/mol. The molecule has 0 aromatic carbocycles. The average Bonchev–Trinajstić information content (AvgIpc) is 2.92. The van der Waals surface area contributed by atoms with Crippen molar-refractivity contribution in [3.8, 4) is 0 Å². The Kier molecular flexibility index (Phi) is 4.94. The molecule has 1 aliphatic carbocycles. The van der Waals surface area contributed by atoms with Crippen LogP contribution < -0.4 is 5.32 Å². The van der Waals surface area contributed by atoms with Gasteiger partial charge in [0.15, 0.2) is 6.29 Å². The molecular weight excluding hydrogens is 337 g/mol. The molecule has 1 saturated carbocycles. The van der Waals surface area contributed by atoms with Crippen LogP contribution in [0.5, 0.6) is 0 Å². The molecule has 0 atom stereocenters. The predicted octanol–water partition coefficient (Wildman–Crippen LogP) is 3.08. The van der Waals surface area contributed by atoms with Gasteiger partial charge in [0.2, 0.25) is 5.95 Å². The molecule has 2 aromatic rings. The number of aromatic nitrogens is 3. The molecular formula is C16H19F3N4O2. The molecule has 0 bridgehead atoms. The zero-order valence-electron chi connectivity index (χ0n) is 13.5. The zero-order chi connectivity index (χ0) is 18.0. The quantitative estimate of drug-likeness (QED) is 0.805. The third-order valence-corrected chi connectivity index (χ3v) is 4.48. The number of aliphatic hydroxyl groups is 1. The first kappa shape index (κ1) is 17.7.